The maximum absolute atomic E-state index is 3.56. The monoisotopic (exact) mass is 308 g/mol. The number of hydrogen-bond donors (Lipinski definition) is 0. The van der Waals surface area contributed by atoms with Crippen molar-refractivity contribution in [3.05, 3.63) is 0 Å². The van der Waals surface area contributed by atoms with Crippen molar-refractivity contribution < 1.29 is 0 Å². The third-order valence-corrected chi connectivity index (χ3v) is 3.87. The average Bonchev–Trinajstić information content (AvgIpc) is 2.25. The normalized spacial score (nSPS) is 12.9. The molecule has 0 radical (unpaired) electrons. The third kappa shape index (κ3) is 14.9. The van der Waals surface area contributed by atoms with Gasteiger partial charge in [0.1, 0.15) is 0 Å². The topological polar surface area (TPSA) is 0 Å². The number of hydrogen-bond acceptors (Lipinski definition) is 0. The Morgan fingerprint density at radius 2 is 1.12 bits per heavy atom. The lowest BCUT2D eigenvalue weighted by Gasteiger charge is -2.03. The summed E-state index contributed by atoms with van der Waals surface area (Å²) in [5, 5.41) is 0. The van der Waals surface area contributed by atoms with Crippen molar-refractivity contribution in [2.24, 2.45) is 0 Å². The van der Waals surface area contributed by atoms with Crippen LogP contribution >= 0.6 is 25.2 Å². The average molecular weight is 309 g/mol. The van der Waals surface area contributed by atoms with Crippen molar-refractivity contribution in [1.82, 2.24) is 0 Å². The van der Waals surface area contributed by atoms with Crippen molar-refractivity contribution in [3.63, 3.8) is 0 Å². The Hall–Kier alpha value is 0.910. The maximum atomic E-state index is 3.56. The van der Waals surface area contributed by atoms with Gasteiger partial charge in [-0.3, -0.25) is 0 Å². The third-order valence-electron chi connectivity index (χ3n) is 3.08. The molecule has 16 heavy (non-hydrogen) atoms. The maximum Gasteiger partial charge on any atom is 0.0288 e. The molecule has 0 amide bonds. The van der Waals surface area contributed by atoms with Crippen LogP contribution in [-0.2, 0) is 0 Å². The second kappa shape index (κ2) is 14.0. The highest BCUT2D eigenvalue weighted by molar-refractivity contribution is 9.10. The molecule has 98 valence electrons. The van der Waals surface area contributed by atoms with Crippen LogP contribution < -0.4 is 0 Å². The van der Waals surface area contributed by atoms with E-state index in [1.165, 1.54) is 77.0 Å². The van der Waals surface area contributed by atoms with Crippen molar-refractivity contribution in [2.45, 2.75) is 88.5 Å². The Bertz CT molecular complexity index is 126. The zero-order valence-corrected chi connectivity index (χ0v) is 13.8. The molecule has 0 aliphatic rings. The highest BCUT2D eigenvalue weighted by Crippen LogP contribution is 2.18. The Balaban J connectivity index is 2.88. The Labute approximate surface area is 114 Å². The van der Waals surface area contributed by atoms with Crippen LogP contribution in [0.4, 0.5) is 0 Å². The van der Waals surface area contributed by atoms with E-state index in [-0.39, 0.29) is 0 Å². The highest BCUT2D eigenvalue weighted by Gasteiger charge is 1.96. The zero-order chi connectivity index (χ0) is 12.1. The minimum atomic E-state index is 0.631. The van der Waals surface area contributed by atoms with E-state index in [1.54, 1.807) is 0 Å². The summed E-state index contributed by atoms with van der Waals surface area (Å²) in [5.41, 5.74) is 0. The first-order chi connectivity index (χ1) is 7.77. The van der Waals surface area contributed by atoms with E-state index in [4.69, 9.17) is 0 Å². The molecule has 0 aromatic rings. The van der Waals surface area contributed by atoms with Crippen molar-refractivity contribution in [1.29, 1.82) is 0 Å². The first kappa shape index (κ1) is 16.9. The molecule has 0 aliphatic heterocycles. The van der Waals surface area contributed by atoms with Crippen LogP contribution in [0.15, 0.2) is 0 Å². The smallest absolute Gasteiger partial charge is 0.0288 e. The molecule has 2 heteroatoms. The summed E-state index contributed by atoms with van der Waals surface area (Å²) in [7, 11) is 2.81. The summed E-state index contributed by atoms with van der Waals surface area (Å²) in [6.07, 6.45) is 17.1. The van der Waals surface area contributed by atoms with Gasteiger partial charge in [-0.1, -0.05) is 93.5 Å². The second-order valence-electron chi connectivity index (χ2n) is 4.84. The molecule has 0 aromatic heterocycles. The molecule has 0 aliphatic carbocycles. The van der Waals surface area contributed by atoms with Gasteiger partial charge in [-0.2, -0.15) is 0 Å². The molecule has 0 fully saturated rings. The van der Waals surface area contributed by atoms with Gasteiger partial charge in [0.15, 0.2) is 0 Å². The van der Waals surface area contributed by atoms with Crippen LogP contribution in [0.5, 0.6) is 0 Å². The van der Waals surface area contributed by atoms with Gasteiger partial charge in [-0.05, 0) is 6.42 Å². The van der Waals surface area contributed by atoms with Gasteiger partial charge in [-0.25, -0.2) is 0 Å². The van der Waals surface area contributed by atoms with E-state index in [1.807, 2.05) is 0 Å². The first-order valence-electron chi connectivity index (χ1n) is 7.17. The minimum Gasteiger partial charge on any atom is -0.123 e. The number of unbranched alkanes of at least 4 members (excludes halogenated alkanes) is 10. The minimum absolute atomic E-state index is 0.631. The molecule has 0 saturated carbocycles. The SMILES string of the molecule is CCCCCCCCCCCCCC(P)Br. The fourth-order valence-electron chi connectivity index (χ4n) is 2.00. The lowest BCUT2D eigenvalue weighted by atomic mass is 10.1. The van der Waals surface area contributed by atoms with Crippen LogP contribution in [-0.4, -0.2) is 4.57 Å². The Kier molecular flexibility index (Phi) is 14.8. The molecule has 0 heterocycles. The van der Waals surface area contributed by atoms with E-state index in [0.717, 1.165) is 0 Å². The van der Waals surface area contributed by atoms with Gasteiger partial charge < -0.3 is 0 Å². The molecular formula is C14H30BrP. The summed E-state index contributed by atoms with van der Waals surface area (Å²) in [6, 6.07) is 0. The highest BCUT2D eigenvalue weighted by atomic mass is 79.9. The van der Waals surface area contributed by atoms with Crippen molar-refractivity contribution in [3.8, 4) is 0 Å². The molecule has 0 spiro atoms. The fraction of sp³-hybridized carbons (Fsp3) is 1.00. The van der Waals surface area contributed by atoms with Crippen LogP contribution in [0.1, 0.15) is 84.0 Å². The lowest BCUT2D eigenvalue weighted by Crippen LogP contribution is -1.86. The van der Waals surface area contributed by atoms with Crippen LogP contribution in [0.2, 0.25) is 0 Å². The standard InChI is InChI=1S/C14H30BrP/c1-2-3-4-5-6-7-8-9-10-11-12-13-14(15)16/h14H,2-13,16H2,1H3. The van der Waals surface area contributed by atoms with E-state index >= 15 is 0 Å². The van der Waals surface area contributed by atoms with Crippen LogP contribution in [0.3, 0.4) is 0 Å². The molecule has 0 aromatic carbocycles. The van der Waals surface area contributed by atoms with E-state index in [9.17, 15) is 0 Å². The molecule has 2 atom stereocenters. The van der Waals surface area contributed by atoms with Gasteiger partial charge in [0.05, 0.1) is 0 Å². The van der Waals surface area contributed by atoms with Crippen LogP contribution in [0.25, 0.3) is 0 Å². The summed E-state index contributed by atoms with van der Waals surface area (Å²) in [5.74, 6) is 0. The Morgan fingerprint density at radius 3 is 1.50 bits per heavy atom. The molecule has 2 unspecified atom stereocenters. The predicted molar refractivity (Wildman–Crippen MR) is 83.5 cm³/mol. The zero-order valence-electron chi connectivity index (χ0n) is 11.0. The molecule has 0 saturated heterocycles. The number of alkyl halides is 1. The first-order valence-corrected chi connectivity index (χ1v) is 8.75. The van der Waals surface area contributed by atoms with Gasteiger partial charge in [0, 0.05) is 4.57 Å². The van der Waals surface area contributed by atoms with Gasteiger partial charge >= 0.3 is 0 Å². The van der Waals surface area contributed by atoms with E-state index in [2.05, 4.69) is 32.1 Å². The van der Waals surface area contributed by atoms with Crippen LogP contribution in [0, 0.1) is 0 Å². The van der Waals surface area contributed by atoms with E-state index < -0.39 is 0 Å². The molecule has 0 rings (SSSR count). The van der Waals surface area contributed by atoms with Gasteiger partial charge in [0.25, 0.3) is 0 Å². The Morgan fingerprint density at radius 1 is 0.750 bits per heavy atom. The van der Waals surface area contributed by atoms with Crippen molar-refractivity contribution >= 4 is 25.2 Å². The predicted octanol–water partition coefficient (Wildman–Crippen LogP) is 6.28. The van der Waals surface area contributed by atoms with Gasteiger partial charge in [-0.15, -0.1) is 9.24 Å². The largest absolute Gasteiger partial charge is 0.123 e. The molecular weight excluding hydrogens is 279 g/mol. The fourth-order valence-corrected chi connectivity index (χ4v) is 2.56. The summed E-state index contributed by atoms with van der Waals surface area (Å²) < 4.78 is 0.631. The molecule has 0 N–H and O–H groups in total. The summed E-state index contributed by atoms with van der Waals surface area (Å²) in [4.78, 5) is 0. The molecule has 0 nitrogen and oxygen atoms in total. The number of halogens is 1. The van der Waals surface area contributed by atoms with Gasteiger partial charge in [0.2, 0.25) is 0 Å². The molecule has 0 bridgehead atoms. The van der Waals surface area contributed by atoms with Crippen molar-refractivity contribution in [2.75, 3.05) is 0 Å². The lowest BCUT2D eigenvalue weighted by molar-refractivity contribution is 0.547. The quantitative estimate of drug-likeness (QED) is 0.226. The number of rotatable bonds is 12. The van der Waals surface area contributed by atoms with E-state index in [0.29, 0.717) is 4.57 Å². The summed E-state index contributed by atoms with van der Waals surface area (Å²) in [6.45, 7) is 2.28. The summed E-state index contributed by atoms with van der Waals surface area (Å²) >= 11 is 3.56. The second-order valence-corrected chi connectivity index (χ2v) is 7.80.